The van der Waals surface area contributed by atoms with Crippen molar-refractivity contribution in [3.8, 4) is 0 Å². The van der Waals surface area contributed by atoms with E-state index < -0.39 is 22.4 Å². The summed E-state index contributed by atoms with van der Waals surface area (Å²) in [6, 6.07) is 2.36. The van der Waals surface area contributed by atoms with Crippen LogP contribution in [0.5, 0.6) is 0 Å². The molecule has 1 aliphatic carbocycles. The number of hydrogen-bond donors (Lipinski definition) is 2. The predicted octanol–water partition coefficient (Wildman–Crippen LogP) is 3.28. The van der Waals surface area contributed by atoms with Gasteiger partial charge in [-0.3, -0.25) is 14.9 Å². The first-order chi connectivity index (χ1) is 15.6. The van der Waals surface area contributed by atoms with Gasteiger partial charge in [-0.15, -0.1) is 0 Å². The van der Waals surface area contributed by atoms with Gasteiger partial charge >= 0.3 is 12.2 Å². The summed E-state index contributed by atoms with van der Waals surface area (Å²) in [5.41, 5.74) is -1.59. The van der Waals surface area contributed by atoms with Crippen LogP contribution in [0.1, 0.15) is 44.1 Å². The zero-order valence-electron chi connectivity index (χ0n) is 18.2. The third-order valence-corrected chi connectivity index (χ3v) is 6.04. The quantitative estimate of drug-likeness (QED) is 0.489. The summed E-state index contributed by atoms with van der Waals surface area (Å²) in [7, 11) is 0. The predicted molar refractivity (Wildman–Crippen MR) is 115 cm³/mol. The Hall–Kier alpha value is -3.05. The molecule has 0 spiro atoms. The van der Waals surface area contributed by atoms with E-state index in [1.807, 2.05) is 0 Å². The molecule has 33 heavy (non-hydrogen) atoms. The monoisotopic (exact) mass is 471 g/mol. The van der Waals surface area contributed by atoms with Gasteiger partial charge in [0.2, 0.25) is 5.91 Å². The van der Waals surface area contributed by atoms with Gasteiger partial charge in [0, 0.05) is 51.3 Å². The van der Waals surface area contributed by atoms with E-state index >= 15 is 0 Å². The molecule has 0 radical (unpaired) electrons. The number of urea groups is 1. The summed E-state index contributed by atoms with van der Waals surface area (Å²) < 4.78 is 38.7. The highest BCUT2D eigenvalue weighted by Gasteiger charge is 2.34. The van der Waals surface area contributed by atoms with Gasteiger partial charge in [-0.25, -0.2) is 4.79 Å². The van der Waals surface area contributed by atoms with Gasteiger partial charge in [0.15, 0.2) is 0 Å². The number of carbonyl (C=O) groups excluding carboxylic acids is 2. The van der Waals surface area contributed by atoms with Crippen LogP contribution in [0.25, 0.3) is 0 Å². The van der Waals surface area contributed by atoms with Crippen molar-refractivity contribution in [1.82, 2.24) is 15.5 Å². The number of nitro benzene ring substituents is 1. The molecule has 182 valence electrons. The van der Waals surface area contributed by atoms with Gasteiger partial charge in [0.25, 0.3) is 5.69 Å². The number of hydrogen-bond acceptors (Lipinski definition) is 5. The Kier molecular flexibility index (Phi) is 7.98. The minimum atomic E-state index is -4.67. The lowest BCUT2D eigenvalue weighted by Crippen LogP contribution is -2.50. The number of carbonyl (C=O) groups is 2. The lowest BCUT2D eigenvalue weighted by molar-refractivity contribution is -0.384. The van der Waals surface area contributed by atoms with Gasteiger partial charge in [-0.2, -0.15) is 13.2 Å². The molecule has 1 saturated carbocycles. The van der Waals surface area contributed by atoms with E-state index in [4.69, 9.17) is 0 Å². The molecule has 3 amide bonds. The Morgan fingerprint density at radius 3 is 2.36 bits per heavy atom. The van der Waals surface area contributed by atoms with Crippen LogP contribution in [0.15, 0.2) is 18.2 Å². The van der Waals surface area contributed by atoms with Crippen molar-refractivity contribution >= 4 is 23.3 Å². The normalized spacial score (nSPS) is 17.5. The summed E-state index contributed by atoms with van der Waals surface area (Å²) in [6.07, 6.45) is 0.777. The van der Waals surface area contributed by atoms with E-state index in [9.17, 15) is 32.9 Å². The molecule has 1 aromatic rings. The van der Waals surface area contributed by atoms with E-state index in [1.54, 1.807) is 9.80 Å². The summed E-state index contributed by atoms with van der Waals surface area (Å²) in [5, 5.41) is 16.9. The number of amides is 3. The molecule has 0 bridgehead atoms. The molecule has 2 fully saturated rings. The average molecular weight is 471 g/mol. The minimum Gasteiger partial charge on any atom is -0.362 e. The topological polar surface area (TPSA) is 108 Å². The number of benzene rings is 1. The second kappa shape index (κ2) is 10.7. The molecule has 3 rings (SSSR count). The van der Waals surface area contributed by atoms with Crippen molar-refractivity contribution in [2.45, 2.75) is 50.7 Å². The smallest absolute Gasteiger partial charge is 0.362 e. The van der Waals surface area contributed by atoms with Gasteiger partial charge in [0.05, 0.1) is 10.5 Å². The number of rotatable bonds is 6. The lowest BCUT2D eigenvalue weighted by atomic mass is 9.96. The highest BCUT2D eigenvalue weighted by molar-refractivity contribution is 5.79. The van der Waals surface area contributed by atoms with Gasteiger partial charge in [-0.05, 0) is 25.0 Å². The Bertz CT molecular complexity index is 866. The Morgan fingerprint density at radius 2 is 1.76 bits per heavy atom. The number of piperazine rings is 1. The first kappa shape index (κ1) is 24.6. The van der Waals surface area contributed by atoms with Crippen LogP contribution in [0.4, 0.5) is 29.3 Å². The zero-order chi connectivity index (χ0) is 24.0. The van der Waals surface area contributed by atoms with Crippen LogP contribution in [0.2, 0.25) is 0 Å². The van der Waals surface area contributed by atoms with Gasteiger partial charge < -0.3 is 20.4 Å². The highest BCUT2D eigenvalue weighted by Crippen LogP contribution is 2.36. The average Bonchev–Trinajstić information content (AvgIpc) is 2.78. The van der Waals surface area contributed by atoms with E-state index in [0.717, 1.165) is 37.8 Å². The number of nitrogens with one attached hydrogen (secondary N) is 2. The fourth-order valence-corrected chi connectivity index (χ4v) is 4.23. The summed E-state index contributed by atoms with van der Waals surface area (Å²) in [5.74, 6) is -0.158. The van der Waals surface area contributed by atoms with E-state index in [1.165, 1.54) is 6.42 Å². The van der Waals surface area contributed by atoms with E-state index in [-0.39, 0.29) is 62.8 Å². The van der Waals surface area contributed by atoms with E-state index in [0.29, 0.717) is 6.07 Å². The highest BCUT2D eigenvalue weighted by atomic mass is 19.4. The first-order valence-electron chi connectivity index (χ1n) is 11.1. The van der Waals surface area contributed by atoms with Gasteiger partial charge in [0.1, 0.15) is 5.69 Å². The number of anilines is 1. The fraction of sp³-hybridized carbons (Fsp3) is 0.619. The fourth-order valence-electron chi connectivity index (χ4n) is 4.23. The maximum Gasteiger partial charge on any atom is 0.416 e. The van der Waals surface area contributed by atoms with Crippen LogP contribution in [-0.2, 0) is 11.0 Å². The van der Waals surface area contributed by atoms with Crippen molar-refractivity contribution < 1.29 is 27.7 Å². The van der Waals surface area contributed by atoms with Crippen LogP contribution >= 0.6 is 0 Å². The molecular formula is C21H28F3N5O4. The van der Waals surface area contributed by atoms with Crippen molar-refractivity contribution in [3.05, 3.63) is 33.9 Å². The second-order valence-corrected chi connectivity index (χ2v) is 8.31. The Morgan fingerprint density at radius 1 is 1.09 bits per heavy atom. The third-order valence-electron chi connectivity index (χ3n) is 6.04. The molecule has 2 N–H and O–H groups in total. The van der Waals surface area contributed by atoms with E-state index in [2.05, 4.69) is 10.6 Å². The van der Waals surface area contributed by atoms with Gasteiger partial charge in [-0.1, -0.05) is 19.3 Å². The molecule has 1 aromatic carbocycles. The summed E-state index contributed by atoms with van der Waals surface area (Å²) >= 11 is 0. The molecule has 1 heterocycles. The number of halogens is 3. The molecule has 0 unspecified atom stereocenters. The summed E-state index contributed by atoms with van der Waals surface area (Å²) in [4.78, 5) is 38.1. The molecule has 0 atom stereocenters. The maximum absolute atomic E-state index is 12.9. The third kappa shape index (κ3) is 6.72. The molecular weight excluding hydrogens is 443 g/mol. The lowest BCUT2D eigenvalue weighted by Gasteiger charge is -2.36. The minimum absolute atomic E-state index is 0.0983. The number of nitrogens with zero attached hydrogens (tertiary/aromatic N) is 3. The molecule has 0 aromatic heterocycles. The second-order valence-electron chi connectivity index (χ2n) is 8.31. The molecule has 9 nitrogen and oxygen atoms in total. The standard InChI is InChI=1S/C21H28F3N5O4/c22-21(23,24)15-6-7-17(18(14-15)29(32)33)27-10-12-28(13-11-27)19(30)8-9-25-20(31)26-16-4-2-1-3-5-16/h6-7,14,16H,1-5,8-13H2,(H2,25,26,31). The van der Waals surface area contributed by atoms with Crippen LogP contribution in [-0.4, -0.2) is 60.5 Å². The number of nitro groups is 1. The zero-order valence-corrected chi connectivity index (χ0v) is 18.2. The van der Waals surface area contributed by atoms with Crippen molar-refractivity contribution in [2.24, 2.45) is 0 Å². The van der Waals surface area contributed by atoms with Crippen LogP contribution < -0.4 is 15.5 Å². The van der Waals surface area contributed by atoms with Crippen molar-refractivity contribution in [3.63, 3.8) is 0 Å². The number of alkyl halides is 3. The largest absolute Gasteiger partial charge is 0.416 e. The molecule has 12 heteroatoms. The Balaban J connectivity index is 1.47. The first-order valence-corrected chi connectivity index (χ1v) is 11.1. The molecule has 2 aliphatic rings. The van der Waals surface area contributed by atoms with Crippen molar-refractivity contribution in [2.75, 3.05) is 37.6 Å². The Labute approximate surface area is 189 Å². The SMILES string of the molecule is O=C(NCCC(=O)N1CCN(c2ccc(C(F)(F)F)cc2[N+](=O)[O-])CC1)NC1CCCCC1. The molecule has 1 saturated heterocycles. The van der Waals surface area contributed by atoms with Crippen LogP contribution in [0, 0.1) is 10.1 Å². The maximum atomic E-state index is 12.9. The summed E-state index contributed by atoms with van der Waals surface area (Å²) in [6.45, 7) is 1.28. The molecule has 1 aliphatic heterocycles. The van der Waals surface area contributed by atoms with Crippen LogP contribution in [0.3, 0.4) is 0 Å². The van der Waals surface area contributed by atoms with Crippen molar-refractivity contribution in [1.29, 1.82) is 0 Å².